The van der Waals surface area contributed by atoms with Crippen LogP contribution in [0.1, 0.15) is 18.9 Å². The maximum atomic E-state index is 5.31. The quantitative estimate of drug-likeness (QED) is 0.912. The molecule has 110 valence electrons. The number of anilines is 3. The molecule has 0 saturated heterocycles. The third-order valence-electron chi connectivity index (χ3n) is 4.17. The number of nitrogens with zero attached hydrogens (tertiary/aromatic N) is 1. The van der Waals surface area contributed by atoms with Gasteiger partial charge in [-0.3, -0.25) is 0 Å². The van der Waals surface area contributed by atoms with E-state index in [-0.39, 0.29) is 0 Å². The lowest BCUT2D eigenvalue weighted by Crippen LogP contribution is -2.22. The number of benzene rings is 2. The first-order valence-corrected chi connectivity index (χ1v) is 7.44. The van der Waals surface area contributed by atoms with Gasteiger partial charge in [0.05, 0.1) is 7.11 Å². The lowest BCUT2D eigenvalue weighted by molar-refractivity contribution is 0.415. The first-order chi connectivity index (χ1) is 10.2. The molecule has 3 rings (SSSR count). The molecular formula is C18H22N2O. The summed E-state index contributed by atoms with van der Waals surface area (Å²) in [7, 11) is 3.79. The van der Waals surface area contributed by atoms with Gasteiger partial charge >= 0.3 is 0 Å². The molecule has 0 bridgehead atoms. The van der Waals surface area contributed by atoms with Crippen molar-refractivity contribution in [3.8, 4) is 5.75 Å². The van der Waals surface area contributed by atoms with Gasteiger partial charge in [0.25, 0.3) is 0 Å². The number of hydrogen-bond donors (Lipinski definition) is 1. The Balaban J connectivity index is 1.89. The molecule has 3 nitrogen and oxygen atoms in total. The van der Waals surface area contributed by atoms with E-state index in [1.165, 1.54) is 23.4 Å². The summed E-state index contributed by atoms with van der Waals surface area (Å²) in [5.74, 6) is 0.882. The first kappa shape index (κ1) is 13.8. The molecule has 1 heterocycles. The van der Waals surface area contributed by atoms with Gasteiger partial charge in [-0.15, -0.1) is 0 Å². The van der Waals surface area contributed by atoms with Gasteiger partial charge in [0.15, 0.2) is 0 Å². The van der Waals surface area contributed by atoms with Crippen LogP contribution in [0.5, 0.6) is 5.75 Å². The highest BCUT2D eigenvalue weighted by atomic mass is 16.5. The normalized spacial score (nSPS) is 16.8. The molecule has 0 fully saturated rings. The molecule has 1 aliphatic rings. The van der Waals surface area contributed by atoms with E-state index in [4.69, 9.17) is 4.74 Å². The second kappa shape index (κ2) is 5.68. The summed E-state index contributed by atoms with van der Waals surface area (Å²) in [6.45, 7) is 2.24. The van der Waals surface area contributed by atoms with E-state index in [1.807, 2.05) is 12.1 Å². The molecule has 0 aromatic heterocycles. The molecule has 2 aromatic rings. The van der Waals surface area contributed by atoms with Crippen LogP contribution in [0.25, 0.3) is 0 Å². The lowest BCUT2D eigenvalue weighted by atomic mass is 9.98. The smallest absolute Gasteiger partial charge is 0.120 e. The van der Waals surface area contributed by atoms with Crippen LogP contribution in [-0.4, -0.2) is 20.2 Å². The van der Waals surface area contributed by atoms with Crippen LogP contribution < -0.4 is 15.0 Å². The fourth-order valence-electron chi connectivity index (χ4n) is 2.81. The summed E-state index contributed by atoms with van der Waals surface area (Å²) in [4.78, 5) is 2.20. The van der Waals surface area contributed by atoms with E-state index in [2.05, 4.69) is 54.5 Å². The van der Waals surface area contributed by atoms with E-state index in [9.17, 15) is 0 Å². The summed E-state index contributed by atoms with van der Waals surface area (Å²) >= 11 is 0. The van der Waals surface area contributed by atoms with Crippen LogP contribution in [0.2, 0.25) is 0 Å². The minimum Gasteiger partial charge on any atom is -0.497 e. The van der Waals surface area contributed by atoms with Gasteiger partial charge < -0.3 is 15.0 Å². The van der Waals surface area contributed by atoms with E-state index in [1.54, 1.807) is 7.11 Å². The predicted octanol–water partition coefficient (Wildman–Crippen LogP) is 4.21. The third kappa shape index (κ3) is 2.82. The van der Waals surface area contributed by atoms with E-state index in [0.717, 1.165) is 17.9 Å². The average molecular weight is 282 g/mol. The van der Waals surface area contributed by atoms with Crippen LogP contribution in [0.3, 0.4) is 0 Å². The fraction of sp³-hybridized carbons (Fsp3) is 0.333. The highest BCUT2D eigenvalue weighted by Gasteiger charge is 2.15. The van der Waals surface area contributed by atoms with Gasteiger partial charge in [-0.25, -0.2) is 0 Å². The second-order valence-electron chi connectivity index (χ2n) is 5.69. The standard InChI is InChI=1S/C18H22N2O/c1-13-7-8-14-11-16(9-10-18(14)19-13)20(2)15-5-4-6-17(12-15)21-3/h4-6,9-13,19H,7-8H2,1-3H3. The number of hydrogen-bond acceptors (Lipinski definition) is 3. The Kier molecular flexibility index (Phi) is 3.74. The Hall–Kier alpha value is -2.16. The minimum atomic E-state index is 0.569. The SMILES string of the molecule is COc1cccc(N(C)c2ccc3c(c2)CCC(C)N3)c1. The van der Waals surface area contributed by atoms with Crippen molar-refractivity contribution in [1.82, 2.24) is 0 Å². The highest BCUT2D eigenvalue weighted by Crippen LogP contribution is 2.32. The van der Waals surface area contributed by atoms with Gasteiger partial charge in [0.1, 0.15) is 5.75 Å². The van der Waals surface area contributed by atoms with Crippen molar-refractivity contribution in [2.24, 2.45) is 0 Å². The maximum Gasteiger partial charge on any atom is 0.120 e. The van der Waals surface area contributed by atoms with Crippen molar-refractivity contribution in [2.45, 2.75) is 25.8 Å². The molecule has 21 heavy (non-hydrogen) atoms. The minimum absolute atomic E-state index is 0.569. The predicted molar refractivity (Wildman–Crippen MR) is 88.9 cm³/mol. The Labute approximate surface area is 126 Å². The molecule has 0 amide bonds. The van der Waals surface area contributed by atoms with Crippen LogP contribution in [0.4, 0.5) is 17.1 Å². The van der Waals surface area contributed by atoms with Crippen molar-refractivity contribution >= 4 is 17.1 Å². The molecule has 2 aromatic carbocycles. The fourth-order valence-corrected chi connectivity index (χ4v) is 2.81. The molecule has 0 spiro atoms. The molecule has 1 atom stereocenters. The van der Waals surface area contributed by atoms with Crippen molar-refractivity contribution in [1.29, 1.82) is 0 Å². The molecule has 0 aliphatic carbocycles. The average Bonchev–Trinajstić information content (AvgIpc) is 2.53. The first-order valence-electron chi connectivity index (χ1n) is 7.44. The Morgan fingerprint density at radius 1 is 1.14 bits per heavy atom. The zero-order valence-electron chi connectivity index (χ0n) is 12.9. The van der Waals surface area contributed by atoms with Crippen molar-refractivity contribution in [3.63, 3.8) is 0 Å². The Bertz CT molecular complexity index is 639. The zero-order valence-corrected chi connectivity index (χ0v) is 12.9. The van der Waals surface area contributed by atoms with Gasteiger partial charge in [-0.1, -0.05) is 6.07 Å². The Morgan fingerprint density at radius 3 is 2.76 bits per heavy atom. The van der Waals surface area contributed by atoms with E-state index >= 15 is 0 Å². The number of rotatable bonds is 3. The number of ether oxygens (including phenoxy) is 1. The van der Waals surface area contributed by atoms with Crippen LogP contribution in [-0.2, 0) is 6.42 Å². The van der Waals surface area contributed by atoms with Crippen LogP contribution >= 0.6 is 0 Å². The van der Waals surface area contributed by atoms with E-state index in [0.29, 0.717) is 6.04 Å². The van der Waals surface area contributed by atoms with Crippen molar-refractivity contribution < 1.29 is 4.74 Å². The van der Waals surface area contributed by atoms with Crippen molar-refractivity contribution in [2.75, 3.05) is 24.4 Å². The molecule has 1 aliphatic heterocycles. The summed E-state index contributed by atoms with van der Waals surface area (Å²) in [5.41, 5.74) is 5.02. The second-order valence-corrected chi connectivity index (χ2v) is 5.69. The summed E-state index contributed by atoms with van der Waals surface area (Å²) < 4.78 is 5.31. The van der Waals surface area contributed by atoms with E-state index < -0.39 is 0 Å². The molecular weight excluding hydrogens is 260 g/mol. The highest BCUT2D eigenvalue weighted by molar-refractivity contribution is 5.68. The molecule has 0 saturated carbocycles. The molecule has 1 unspecified atom stereocenters. The van der Waals surface area contributed by atoms with Crippen LogP contribution in [0, 0.1) is 0 Å². The summed E-state index contributed by atoms with van der Waals surface area (Å²) in [6, 6.07) is 15.4. The number of nitrogens with one attached hydrogen (secondary N) is 1. The maximum absolute atomic E-state index is 5.31. The van der Waals surface area contributed by atoms with Gasteiger partial charge in [-0.05, 0) is 55.7 Å². The van der Waals surface area contributed by atoms with Gasteiger partial charge in [0, 0.05) is 36.2 Å². The monoisotopic (exact) mass is 282 g/mol. The third-order valence-corrected chi connectivity index (χ3v) is 4.17. The van der Waals surface area contributed by atoms with Crippen molar-refractivity contribution in [3.05, 3.63) is 48.0 Å². The lowest BCUT2D eigenvalue weighted by Gasteiger charge is -2.27. The molecule has 3 heteroatoms. The Morgan fingerprint density at radius 2 is 1.95 bits per heavy atom. The number of aryl methyl sites for hydroxylation is 1. The molecule has 1 N–H and O–H groups in total. The topological polar surface area (TPSA) is 24.5 Å². The summed E-state index contributed by atoms with van der Waals surface area (Å²) in [6.07, 6.45) is 2.34. The zero-order chi connectivity index (χ0) is 14.8. The number of fused-ring (bicyclic) bond motifs is 1. The largest absolute Gasteiger partial charge is 0.497 e. The summed E-state index contributed by atoms with van der Waals surface area (Å²) in [5, 5.41) is 3.55. The number of methoxy groups -OCH3 is 1. The van der Waals surface area contributed by atoms with Gasteiger partial charge in [0.2, 0.25) is 0 Å². The van der Waals surface area contributed by atoms with Crippen LogP contribution in [0.15, 0.2) is 42.5 Å². The van der Waals surface area contributed by atoms with Gasteiger partial charge in [-0.2, -0.15) is 0 Å². The molecule has 0 radical (unpaired) electrons.